The number of rotatable bonds is 5. The highest BCUT2D eigenvalue weighted by Crippen LogP contribution is 2.33. The third-order valence-corrected chi connectivity index (χ3v) is 6.55. The lowest BCUT2D eigenvalue weighted by atomic mass is 10.1. The summed E-state index contributed by atoms with van der Waals surface area (Å²) in [7, 11) is -4.23. The van der Waals surface area contributed by atoms with Crippen LogP contribution >= 0.6 is 11.3 Å². The van der Waals surface area contributed by atoms with E-state index >= 15 is 0 Å². The maximum atomic E-state index is 13.7. The molecule has 0 bridgehead atoms. The number of halogens is 2. The van der Waals surface area contributed by atoms with Crippen molar-refractivity contribution in [3.8, 4) is 0 Å². The van der Waals surface area contributed by atoms with Gasteiger partial charge in [-0.05, 0) is 36.6 Å². The van der Waals surface area contributed by atoms with E-state index in [4.69, 9.17) is 0 Å². The third kappa shape index (κ3) is 3.72. The molecule has 0 aliphatic heterocycles. The SMILES string of the molecule is CC(O)(CNS(=O)(=O)c1ccc(F)cc1F)c1cc2ccccc2s1. The molecular weight excluding hydrogens is 368 g/mol. The minimum Gasteiger partial charge on any atom is -0.383 e. The Hall–Kier alpha value is -1.87. The van der Waals surface area contributed by atoms with Crippen molar-refractivity contribution >= 4 is 31.4 Å². The quantitative estimate of drug-likeness (QED) is 0.710. The molecule has 25 heavy (non-hydrogen) atoms. The van der Waals surface area contributed by atoms with Gasteiger partial charge in [0.1, 0.15) is 22.1 Å². The first-order chi connectivity index (χ1) is 11.7. The average molecular weight is 383 g/mol. The molecule has 0 saturated heterocycles. The Morgan fingerprint density at radius 1 is 1.16 bits per heavy atom. The van der Waals surface area contributed by atoms with Gasteiger partial charge in [0, 0.05) is 22.2 Å². The van der Waals surface area contributed by atoms with Crippen molar-refractivity contribution in [1.29, 1.82) is 0 Å². The second-order valence-corrected chi connectivity index (χ2v) is 8.64. The van der Waals surface area contributed by atoms with E-state index in [2.05, 4.69) is 4.72 Å². The lowest BCUT2D eigenvalue weighted by Gasteiger charge is -2.22. The summed E-state index contributed by atoms with van der Waals surface area (Å²) in [6.45, 7) is 1.13. The molecule has 132 valence electrons. The number of benzene rings is 2. The Balaban J connectivity index is 1.83. The van der Waals surface area contributed by atoms with Crippen molar-refractivity contribution in [2.24, 2.45) is 0 Å². The van der Waals surface area contributed by atoms with Crippen LogP contribution in [0.1, 0.15) is 11.8 Å². The molecule has 1 unspecified atom stereocenters. The number of thiophene rings is 1. The van der Waals surface area contributed by atoms with Crippen molar-refractivity contribution in [2.75, 3.05) is 6.54 Å². The summed E-state index contributed by atoms with van der Waals surface area (Å²) in [5.41, 5.74) is -1.48. The molecule has 1 aromatic heterocycles. The largest absolute Gasteiger partial charge is 0.383 e. The fourth-order valence-electron chi connectivity index (χ4n) is 2.34. The van der Waals surface area contributed by atoms with Gasteiger partial charge >= 0.3 is 0 Å². The first-order valence-corrected chi connectivity index (χ1v) is 9.65. The number of fused-ring (bicyclic) bond motifs is 1. The maximum Gasteiger partial charge on any atom is 0.243 e. The molecule has 3 rings (SSSR count). The van der Waals surface area contributed by atoms with E-state index in [1.807, 2.05) is 24.3 Å². The number of aliphatic hydroxyl groups is 1. The molecule has 4 nitrogen and oxygen atoms in total. The normalized spacial score (nSPS) is 14.6. The fraction of sp³-hybridized carbons (Fsp3) is 0.176. The van der Waals surface area contributed by atoms with Crippen molar-refractivity contribution in [3.05, 3.63) is 65.0 Å². The molecule has 0 aliphatic rings. The molecule has 1 heterocycles. The van der Waals surface area contributed by atoms with Gasteiger partial charge in [0.15, 0.2) is 0 Å². The van der Waals surface area contributed by atoms with Gasteiger partial charge in [-0.1, -0.05) is 18.2 Å². The van der Waals surface area contributed by atoms with Crippen LogP contribution in [0.4, 0.5) is 8.78 Å². The van der Waals surface area contributed by atoms with Crippen molar-refractivity contribution < 1.29 is 22.3 Å². The highest BCUT2D eigenvalue weighted by atomic mass is 32.2. The van der Waals surface area contributed by atoms with Crippen LogP contribution in [-0.2, 0) is 15.6 Å². The minimum atomic E-state index is -4.23. The summed E-state index contributed by atoms with van der Waals surface area (Å²) in [4.78, 5) is -0.0861. The van der Waals surface area contributed by atoms with Crippen LogP contribution in [0, 0.1) is 11.6 Å². The molecule has 3 aromatic rings. The Labute approximate surface area is 147 Å². The first-order valence-electron chi connectivity index (χ1n) is 7.35. The van der Waals surface area contributed by atoms with Gasteiger partial charge in [0.2, 0.25) is 10.0 Å². The van der Waals surface area contributed by atoms with E-state index in [9.17, 15) is 22.3 Å². The van der Waals surface area contributed by atoms with Gasteiger partial charge in [-0.25, -0.2) is 21.9 Å². The summed E-state index contributed by atoms with van der Waals surface area (Å²) in [5.74, 6) is -2.05. The molecule has 2 N–H and O–H groups in total. The predicted octanol–water partition coefficient (Wildman–Crippen LogP) is 3.37. The number of hydrogen-bond acceptors (Lipinski definition) is 4. The van der Waals surface area contributed by atoms with Gasteiger partial charge in [0.25, 0.3) is 0 Å². The Morgan fingerprint density at radius 3 is 2.56 bits per heavy atom. The van der Waals surface area contributed by atoms with E-state index in [1.165, 1.54) is 18.3 Å². The molecule has 1 atom stereocenters. The maximum absolute atomic E-state index is 13.7. The Morgan fingerprint density at radius 2 is 1.88 bits per heavy atom. The molecule has 0 amide bonds. The highest BCUT2D eigenvalue weighted by molar-refractivity contribution is 7.89. The Bertz CT molecular complexity index is 996. The van der Waals surface area contributed by atoms with Gasteiger partial charge in [-0.15, -0.1) is 11.3 Å². The zero-order valence-electron chi connectivity index (χ0n) is 13.2. The van der Waals surface area contributed by atoms with Gasteiger partial charge in [0.05, 0.1) is 0 Å². The van der Waals surface area contributed by atoms with Crippen LogP contribution in [0.5, 0.6) is 0 Å². The van der Waals surface area contributed by atoms with Gasteiger partial charge in [-0.2, -0.15) is 0 Å². The number of hydrogen-bond donors (Lipinski definition) is 2. The smallest absolute Gasteiger partial charge is 0.243 e. The van der Waals surface area contributed by atoms with E-state index in [0.717, 1.165) is 22.2 Å². The van der Waals surface area contributed by atoms with Crippen LogP contribution in [0.15, 0.2) is 53.4 Å². The van der Waals surface area contributed by atoms with E-state index in [0.29, 0.717) is 10.9 Å². The van der Waals surface area contributed by atoms with Crippen molar-refractivity contribution in [3.63, 3.8) is 0 Å². The van der Waals surface area contributed by atoms with Crippen LogP contribution in [0.3, 0.4) is 0 Å². The number of nitrogens with one attached hydrogen (secondary N) is 1. The highest BCUT2D eigenvalue weighted by Gasteiger charge is 2.29. The summed E-state index contributed by atoms with van der Waals surface area (Å²) in [6.07, 6.45) is 0. The summed E-state index contributed by atoms with van der Waals surface area (Å²) in [5, 5.41) is 11.6. The molecule has 2 aromatic carbocycles. The second-order valence-electron chi connectivity index (χ2n) is 5.82. The zero-order valence-corrected chi connectivity index (χ0v) is 14.8. The summed E-state index contributed by atoms with van der Waals surface area (Å²) >= 11 is 1.35. The van der Waals surface area contributed by atoms with E-state index in [1.54, 1.807) is 6.07 Å². The molecule has 0 spiro atoms. The van der Waals surface area contributed by atoms with E-state index < -0.39 is 32.2 Å². The Kier molecular flexibility index (Phi) is 4.63. The van der Waals surface area contributed by atoms with Gasteiger partial charge in [-0.3, -0.25) is 0 Å². The molecule has 0 fully saturated rings. The number of sulfonamides is 1. The van der Waals surface area contributed by atoms with Crippen LogP contribution in [0.25, 0.3) is 10.1 Å². The van der Waals surface area contributed by atoms with Crippen LogP contribution in [0.2, 0.25) is 0 Å². The molecule has 0 aliphatic carbocycles. The van der Waals surface area contributed by atoms with E-state index in [-0.39, 0.29) is 6.54 Å². The monoisotopic (exact) mass is 383 g/mol. The standard InChI is InChI=1S/C17H15F2NO3S2/c1-17(21,16-8-11-4-2-3-5-14(11)24-16)10-20-25(22,23)15-7-6-12(18)9-13(15)19/h2-9,20-21H,10H2,1H3. The molecule has 0 radical (unpaired) electrons. The zero-order chi connectivity index (χ0) is 18.2. The fourth-order valence-corrected chi connectivity index (χ4v) is 4.64. The third-order valence-electron chi connectivity index (χ3n) is 3.75. The first kappa shape index (κ1) is 17.9. The summed E-state index contributed by atoms with van der Waals surface area (Å²) < 4.78 is 54.3. The molecule has 8 heteroatoms. The summed E-state index contributed by atoms with van der Waals surface area (Å²) in [6, 6.07) is 11.5. The van der Waals surface area contributed by atoms with Crippen molar-refractivity contribution in [1.82, 2.24) is 4.72 Å². The van der Waals surface area contributed by atoms with Crippen LogP contribution in [-0.4, -0.2) is 20.1 Å². The van der Waals surface area contributed by atoms with Crippen molar-refractivity contribution in [2.45, 2.75) is 17.4 Å². The topological polar surface area (TPSA) is 66.4 Å². The molecular formula is C17H15F2NO3S2. The lowest BCUT2D eigenvalue weighted by molar-refractivity contribution is 0.0666. The van der Waals surface area contributed by atoms with Gasteiger partial charge < -0.3 is 5.11 Å². The molecule has 0 saturated carbocycles. The lowest BCUT2D eigenvalue weighted by Crippen LogP contribution is -2.38. The average Bonchev–Trinajstić information content (AvgIpc) is 2.98. The second kappa shape index (κ2) is 6.45. The predicted molar refractivity (Wildman–Crippen MR) is 92.9 cm³/mol. The minimum absolute atomic E-state index is 0.348. The van der Waals surface area contributed by atoms with Crippen LogP contribution < -0.4 is 4.72 Å².